The predicted octanol–water partition coefficient (Wildman–Crippen LogP) is 3.00. The van der Waals surface area contributed by atoms with E-state index in [0.717, 1.165) is 23.8 Å². The molecular formula is C14H13F2NO. The van der Waals surface area contributed by atoms with Crippen molar-refractivity contribution in [2.24, 2.45) is 5.73 Å². The zero-order chi connectivity index (χ0) is 13.0. The molecule has 0 heterocycles. The number of rotatable bonds is 4. The van der Waals surface area contributed by atoms with E-state index in [0.29, 0.717) is 12.3 Å². The molecule has 0 aliphatic heterocycles. The van der Waals surface area contributed by atoms with Crippen LogP contribution in [0.3, 0.4) is 0 Å². The molecule has 2 nitrogen and oxygen atoms in total. The normalized spacial score (nSPS) is 10.4. The van der Waals surface area contributed by atoms with E-state index < -0.39 is 11.6 Å². The van der Waals surface area contributed by atoms with Gasteiger partial charge in [0.25, 0.3) is 0 Å². The highest BCUT2D eigenvalue weighted by molar-refractivity contribution is 5.33. The molecular weight excluding hydrogens is 236 g/mol. The maximum Gasteiger partial charge on any atom is 0.130 e. The van der Waals surface area contributed by atoms with Crippen molar-refractivity contribution in [1.82, 2.24) is 0 Å². The lowest BCUT2D eigenvalue weighted by Crippen LogP contribution is -2.04. The van der Waals surface area contributed by atoms with Gasteiger partial charge in [0.2, 0.25) is 0 Å². The number of hydrogen-bond acceptors (Lipinski definition) is 2. The van der Waals surface area contributed by atoms with Gasteiger partial charge in [-0.1, -0.05) is 18.2 Å². The van der Waals surface area contributed by atoms with Crippen molar-refractivity contribution in [2.75, 3.05) is 0 Å². The Hall–Kier alpha value is -1.94. The first-order chi connectivity index (χ1) is 8.70. The summed E-state index contributed by atoms with van der Waals surface area (Å²) in [6.45, 7) is 0.308. The number of para-hydroxylation sites is 1. The Balaban J connectivity index is 2.14. The van der Waals surface area contributed by atoms with E-state index in [1.165, 1.54) is 0 Å². The molecule has 2 rings (SSSR count). The summed E-state index contributed by atoms with van der Waals surface area (Å²) in [5.74, 6) is -0.382. The van der Waals surface area contributed by atoms with Crippen LogP contribution >= 0.6 is 0 Å². The summed E-state index contributed by atoms with van der Waals surface area (Å²) in [5.41, 5.74) is 6.57. The second-order valence-electron chi connectivity index (χ2n) is 3.84. The molecule has 0 saturated heterocycles. The maximum atomic E-state index is 13.4. The summed E-state index contributed by atoms with van der Waals surface area (Å²) in [7, 11) is 0. The largest absolute Gasteiger partial charge is 0.488 e. The third kappa shape index (κ3) is 2.84. The molecule has 0 aliphatic carbocycles. The van der Waals surface area contributed by atoms with Crippen molar-refractivity contribution in [3.8, 4) is 5.75 Å². The van der Waals surface area contributed by atoms with E-state index in [2.05, 4.69) is 0 Å². The smallest absolute Gasteiger partial charge is 0.130 e. The molecule has 4 heteroatoms. The van der Waals surface area contributed by atoms with Gasteiger partial charge in [0.15, 0.2) is 0 Å². The fraction of sp³-hybridized carbons (Fsp3) is 0.143. The fourth-order valence-corrected chi connectivity index (χ4v) is 1.62. The molecule has 2 aromatic carbocycles. The van der Waals surface area contributed by atoms with E-state index in [9.17, 15) is 8.78 Å². The van der Waals surface area contributed by atoms with Gasteiger partial charge in [-0.15, -0.1) is 0 Å². The second-order valence-corrected chi connectivity index (χ2v) is 3.84. The van der Waals surface area contributed by atoms with Crippen LogP contribution in [0.1, 0.15) is 11.1 Å². The van der Waals surface area contributed by atoms with Crippen LogP contribution in [0.5, 0.6) is 5.75 Å². The molecule has 18 heavy (non-hydrogen) atoms. The highest BCUT2D eigenvalue weighted by Gasteiger charge is 2.06. The molecule has 94 valence electrons. The first-order valence-electron chi connectivity index (χ1n) is 5.55. The Morgan fingerprint density at radius 1 is 1.00 bits per heavy atom. The van der Waals surface area contributed by atoms with E-state index >= 15 is 0 Å². The minimum atomic E-state index is -0.485. The SMILES string of the molecule is NCc1ccccc1OCc1cc(F)ccc1F. The van der Waals surface area contributed by atoms with Crippen LogP contribution in [0.2, 0.25) is 0 Å². The average Bonchev–Trinajstić information content (AvgIpc) is 2.40. The van der Waals surface area contributed by atoms with Gasteiger partial charge in [0, 0.05) is 17.7 Å². The maximum absolute atomic E-state index is 13.4. The summed E-state index contributed by atoms with van der Waals surface area (Å²) >= 11 is 0. The number of halogens is 2. The Bertz CT molecular complexity index is 543. The first-order valence-corrected chi connectivity index (χ1v) is 5.55. The van der Waals surface area contributed by atoms with Crippen LogP contribution < -0.4 is 10.5 Å². The Kier molecular flexibility index (Phi) is 3.89. The predicted molar refractivity (Wildman–Crippen MR) is 65.0 cm³/mol. The van der Waals surface area contributed by atoms with Gasteiger partial charge < -0.3 is 10.5 Å². The van der Waals surface area contributed by atoms with Crippen molar-refractivity contribution < 1.29 is 13.5 Å². The lowest BCUT2D eigenvalue weighted by atomic mass is 10.2. The molecule has 0 spiro atoms. The van der Waals surface area contributed by atoms with Gasteiger partial charge >= 0.3 is 0 Å². The van der Waals surface area contributed by atoms with Gasteiger partial charge in [-0.25, -0.2) is 8.78 Å². The molecule has 0 amide bonds. The first kappa shape index (κ1) is 12.5. The minimum Gasteiger partial charge on any atom is -0.488 e. The van der Waals surface area contributed by atoms with Crippen LogP contribution in [0, 0.1) is 11.6 Å². The van der Waals surface area contributed by atoms with Gasteiger partial charge in [-0.3, -0.25) is 0 Å². The van der Waals surface area contributed by atoms with E-state index in [1.807, 2.05) is 12.1 Å². The monoisotopic (exact) mass is 249 g/mol. The Morgan fingerprint density at radius 2 is 1.78 bits per heavy atom. The second kappa shape index (κ2) is 5.60. The quantitative estimate of drug-likeness (QED) is 0.904. The van der Waals surface area contributed by atoms with E-state index in [4.69, 9.17) is 10.5 Å². The zero-order valence-corrected chi connectivity index (χ0v) is 9.70. The van der Waals surface area contributed by atoms with Crippen LogP contribution in [0.25, 0.3) is 0 Å². The third-order valence-electron chi connectivity index (χ3n) is 2.58. The van der Waals surface area contributed by atoms with Crippen LogP contribution in [0.15, 0.2) is 42.5 Å². The summed E-state index contributed by atoms with van der Waals surface area (Å²) < 4.78 is 31.8. The van der Waals surface area contributed by atoms with Gasteiger partial charge in [0.1, 0.15) is 24.0 Å². The van der Waals surface area contributed by atoms with E-state index in [1.54, 1.807) is 12.1 Å². The van der Waals surface area contributed by atoms with Gasteiger partial charge in [-0.05, 0) is 24.3 Å². The molecule has 0 radical (unpaired) electrons. The Morgan fingerprint density at radius 3 is 2.56 bits per heavy atom. The van der Waals surface area contributed by atoms with Gasteiger partial charge in [-0.2, -0.15) is 0 Å². The molecule has 0 aliphatic rings. The standard InChI is InChI=1S/C14H13F2NO/c15-12-5-6-13(16)11(7-12)9-18-14-4-2-1-3-10(14)8-17/h1-7H,8-9,17H2. The van der Waals surface area contributed by atoms with Crippen LogP contribution in [-0.2, 0) is 13.2 Å². The minimum absolute atomic E-state index is 0.0272. The average molecular weight is 249 g/mol. The van der Waals surface area contributed by atoms with Crippen molar-refractivity contribution >= 4 is 0 Å². The molecule has 2 aromatic rings. The highest BCUT2D eigenvalue weighted by Crippen LogP contribution is 2.19. The van der Waals surface area contributed by atoms with Crippen molar-refractivity contribution in [3.05, 3.63) is 65.2 Å². The van der Waals surface area contributed by atoms with Crippen molar-refractivity contribution in [3.63, 3.8) is 0 Å². The summed E-state index contributed by atoms with van der Waals surface area (Å²) in [6, 6.07) is 10.5. The van der Waals surface area contributed by atoms with E-state index in [-0.39, 0.29) is 12.2 Å². The summed E-state index contributed by atoms with van der Waals surface area (Å²) in [4.78, 5) is 0. The molecule has 0 fully saturated rings. The third-order valence-corrected chi connectivity index (χ3v) is 2.58. The lowest BCUT2D eigenvalue weighted by molar-refractivity contribution is 0.296. The number of ether oxygens (including phenoxy) is 1. The molecule has 0 aromatic heterocycles. The lowest BCUT2D eigenvalue weighted by Gasteiger charge is -2.10. The molecule has 0 atom stereocenters. The molecule has 0 bridgehead atoms. The fourth-order valence-electron chi connectivity index (χ4n) is 1.62. The number of hydrogen-bond donors (Lipinski definition) is 1. The van der Waals surface area contributed by atoms with Gasteiger partial charge in [0.05, 0.1) is 0 Å². The van der Waals surface area contributed by atoms with Crippen molar-refractivity contribution in [1.29, 1.82) is 0 Å². The number of nitrogens with two attached hydrogens (primary N) is 1. The topological polar surface area (TPSA) is 35.2 Å². The van der Waals surface area contributed by atoms with Crippen LogP contribution in [0.4, 0.5) is 8.78 Å². The highest BCUT2D eigenvalue weighted by atomic mass is 19.1. The Labute approximate surface area is 104 Å². The van der Waals surface area contributed by atoms with Crippen molar-refractivity contribution in [2.45, 2.75) is 13.2 Å². The molecule has 2 N–H and O–H groups in total. The molecule has 0 saturated carbocycles. The zero-order valence-electron chi connectivity index (χ0n) is 9.70. The summed E-state index contributed by atoms with van der Waals surface area (Å²) in [5, 5.41) is 0. The molecule has 0 unspecified atom stereocenters. The summed E-state index contributed by atoms with van der Waals surface area (Å²) in [6.07, 6.45) is 0. The van der Waals surface area contributed by atoms with Crippen LogP contribution in [-0.4, -0.2) is 0 Å². The number of benzene rings is 2.